The third kappa shape index (κ3) is 3.54. The molecule has 0 spiro atoms. The SMILES string of the molecule is Cc1nc(C([NH-])=O)c(O)c2cc(Oc3ccc(Cl)cc3)ccc12.[Ti]. The number of ether oxygens (including phenoxy) is 1. The topological polar surface area (TPSA) is 83.2 Å². The van der Waals surface area contributed by atoms with Gasteiger partial charge in [0.1, 0.15) is 23.1 Å². The zero-order chi connectivity index (χ0) is 16.6. The van der Waals surface area contributed by atoms with Crippen molar-refractivity contribution >= 4 is 28.3 Å². The molecule has 2 aromatic carbocycles. The van der Waals surface area contributed by atoms with Crippen LogP contribution in [0.3, 0.4) is 0 Å². The third-order valence-corrected chi connectivity index (χ3v) is 3.66. The van der Waals surface area contributed by atoms with Gasteiger partial charge in [0.2, 0.25) is 0 Å². The van der Waals surface area contributed by atoms with Crippen molar-refractivity contribution in [1.29, 1.82) is 0 Å². The molecule has 0 saturated heterocycles. The number of pyridine rings is 1. The molecule has 120 valence electrons. The van der Waals surface area contributed by atoms with Crippen molar-refractivity contribution in [3.05, 3.63) is 64.6 Å². The summed E-state index contributed by atoms with van der Waals surface area (Å²) in [5, 5.41) is 11.9. The van der Waals surface area contributed by atoms with Crippen LogP contribution >= 0.6 is 11.6 Å². The maximum Gasteiger partial charge on any atom is 0.151 e. The normalized spacial score (nSPS) is 10.2. The summed E-state index contributed by atoms with van der Waals surface area (Å²) in [5.41, 5.74) is 7.48. The summed E-state index contributed by atoms with van der Waals surface area (Å²) >= 11 is 5.83. The van der Waals surface area contributed by atoms with Crippen LogP contribution in [0.5, 0.6) is 17.2 Å². The molecular weight excluding hydrogens is 364 g/mol. The van der Waals surface area contributed by atoms with Gasteiger partial charge in [-0.05, 0) is 49.4 Å². The van der Waals surface area contributed by atoms with Crippen LogP contribution in [-0.2, 0) is 21.7 Å². The van der Waals surface area contributed by atoms with Gasteiger partial charge in [-0.3, -0.25) is 0 Å². The molecule has 0 unspecified atom stereocenters. The Labute approximate surface area is 158 Å². The van der Waals surface area contributed by atoms with Gasteiger partial charge in [0.05, 0.1) is 0 Å². The summed E-state index contributed by atoms with van der Waals surface area (Å²) in [7, 11) is 0. The fraction of sp³-hybridized carbons (Fsp3) is 0.0588. The minimum absolute atomic E-state index is 0. The summed E-state index contributed by atoms with van der Waals surface area (Å²) in [5.74, 6) is -0.261. The number of aromatic hydroxyl groups is 1. The predicted octanol–water partition coefficient (Wildman–Crippen LogP) is 4.88. The molecule has 0 aliphatic carbocycles. The van der Waals surface area contributed by atoms with E-state index in [2.05, 4.69) is 4.98 Å². The van der Waals surface area contributed by atoms with E-state index in [-0.39, 0.29) is 33.2 Å². The first kappa shape index (κ1) is 18.3. The van der Waals surface area contributed by atoms with E-state index in [0.717, 1.165) is 0 Å². The molecule has 0 radical (unpaired) electrons. The van der Waals surface area contributed by atoms with E-state index in [9.17, 15) is 9.90 Å². The molecule has 1 aromatic heterocycles. The molecule has 0 fully saturated rings. The van der Waals surface area contributed by atoms with Gasteiger partial charge >= 0.3 is 0 Å². The van der Waals surface area contributed by atoms with Crippen LogP contribution in [0.25, 0.3) is 16.5 Å². The Morgan fingerprint density at radius 3 is 2.38 bits per heavy atom. The molecule has 1 amide bonds. The number of aromatic nitrogens is 1. The fourth-order valence-electron chi connectivity index (χ4n) is 2.30. The van der Waals surface area contributed by atoms with Crippen LogP contribution in [-0.4, -0.2) is 16.0 Å². The van der Waals surface area contributed by atoms with Crippen molar-refractivity contribution in [2.24, 2.45) is 0 Å². The van der Waals surface area contributed by atoms with E-state index >= 15 is 0 Å². The van der Waals surface area contributed by atoms with Crippen molar-refractivity contribution in [2.75, 3.05) is 0 Å². The number of aryl methyl sites for hydroxylation is 1. The molecule has 1 heterocycles. The number of halogens is 1. The number of hydrogen-bond acceptors (Lipinski definition) is 4. The van der Waals surface area contributed by atoms with Crippen molar-refractivity contribution in [3.8, 4) is 17.2 Å². The van der Waals surface area contributed by atoms with Crippen LogP contribution in [0.4, 0.5) is 0 Å². The number of nitrogens with one attached hydrogen (secondary N) is 1. The van der Waals surface area contributed by atoms with Crippen LogP contribution in [0.15, 0.2) is 42.5 Å². The molecule has 5 nitrogen and oxygen atoms in total. The molecule has 0 bridgehead atoms. The summed E-state index contributed by atoms with van der Waals surface area (Å²) in [6.07, 6.45) is 0. The molecule has 3 rings (SSSR count). The van der Waals surface area contributed by atoms with E-state index in [1.807, 2.05) is 0 Å². The van der Waals surface area contributed by atoms with Gasteiger partial charge in [0.15, 0.2) is 5.75 Å². The summed E-state index contributed by atoms with van der Waals surface area (Å²) < 4.78 is 5.71. The van der Waals surface area contributed by atoms with Crippen molar-refractivity contribution < 1.29 is 36.4 Å². The van der Waals surface area contributed by atoms with E-state index < -0.39 is 5.91 Å². The first-order chi connectivity index (χ1) is 11.0. The van der Waals surface area contributed by atoms with Gasteiger partial charge in [-0.2, -0.15) is 0 Å². The van der Waals surface area contributed by atoms with Gasteiger partial charge < -0.3 is 20.4 Å². The third-order valence-electron chi connectivity index (χ3n) is 3.40. The number of fused-ring (bicyclic) bond motifs is 1. The number of benzene rings is 2. The van der Waals surface area contributed by atoms with Gasteiger partial charge in [-0.25, -0.2) is 4.98 Å². The summed E-state index contributed by atoms with van der Waals surface area (Å²) in [6, 6.07) is 12.0. The average molecular weight is 376 g/mol. The molecule has 3 aromatic rings. The quantitative estimate of drug-likeness (QED) is 0.661. The number of hydrogen-bond donors (Lipinski definition) is 1. The van der Waals surface area contributed by atoms with Gasteiger partial charge in [0, 0.05) is 43.2 Å². The molecule has 2 N–H and O–H groups in total. The van der Waals surface area contributed by atoms with Gasteiger partial charge in [-0.1, -0.05) is 11.6 Å². The maximum absolute atomic E-state index is 11.3. The Morgan fingerprint density at radius 1 is 1.12 bits per heavy atom. The Hall–Kier alpha value is -2.08. The number of amides is 1. The van der Waals surface area contributed by atoms with Crippen molar-refractivity contribution in [2.45, 2.75) is 6.92 Å². The zero-order valence-electron chi connectivity index (χ0n) is 12.6. The van der Waals surface area contributed by atoms with Gasteiger partial charge in [-0.15, -0.1) is 0 Å². The van der Waals surface area contributed by atoms with Crippen LogP contribution in [0, 0.1) is 6.92 Å². The molecule has 0 aliphatic rings. The second-order valence-corrected chi connectivity index (χ2v) is 5.42. The molecule has 7 heteroatoms. The minimum atomic E-state index is -1.03. The van der Waals surface area contributed by atoms with E-state index in [4.69, 9.17) is 22.1 Å². The number of rotatable bonds is 3. The molecule has 0 saturated carbocycles. The zero-order valence-corrected chi connectivity index (χ0v) is 14.9. The van der Waals surface area contributed by atoms with Crippen LogP contribution in [0.1, 0.15) is 16.2 Å². The van der Waals surface area contributed by atoms with E-state index in [1.165, 1.54) is 0 Å². The largest absolute Gasteiger partial charge is 0.662 e. The first-order valence-electron chi connectivity index (χ1n) is 6.78. The Bertz CT molecular complexity index is 914. The Kier molecular flexibility index (Phi) is 5.49. The predicted molar refractivity (Wildman–Crippen MR) is 88.3 cm³/mol. The molecule has 0 aliphatic heterocycles. The summed E-state index contributed by atoms with van der Waals surface area (Å²) in [4.78, 5) is 15.3. The number of nitrogens with zero attached hydrogens (tertiary/aromatic N) is 1. The summed E-state index contributed by atoms with van der Waals surface area (Å²) in [6.45, 7) is 1.72. The van der Waals surface area contributed by atoms with Crippen LogP contribution in [0.2, 0.25) is 5.02 Å². The van der Waals surface area contributed by atoms with E-state index in [0.29, 0.717) is 33.0 Å². The number of carbonyl (C=O) groups is 1. The second kappa shape index (κ2) is 7.22. The van der Waals surface area contributed by atoms with Gasteiger partial charge in [0.25, 0.3) is 0 Å². The Morgan fingerprint density at radius 2 is 1.75 bits per heavy atom. The molecule has 24 heavy (non-hydrogen) atoms. The standard InChI is InChI=1S/C17H13ClN2O3.Ti/c1-9-13-7-6-12(23-11-4-2-10(18)3-5-11)8-14(13)16(21)15(20-9)17(19)22;/h2-8H,1H3,(H3,19,21,22);/p-1. The molecular formula is C17H12ClN2O3Ti-. The monoisotopic (exact) mass is 375 g/mol. The fourth-order valence-corrected chi connectivity index (χ4v) is 2.43. The maximum atomic E-state index is 11.3. The Balaban J connectivity index is 0.00000208. The smallest absolute Gasteiger partial charge is 0.151 e. The minimum Gasteiger partial charge on any atom is -0.662 e. The molecule has 0 atom stereocenters. The average Bonchev–Trinajstić information content (AvgIpc) is 2.53. The van der Waals surface area contributed by atoms with Crippen molar-refractivity contribution in [1.82, 2.24) is 4.98 Å². The van der Waals surface area contributed by atoms with Crippen LogP contribution < -0.4 is 4.74 Å². The van der Waals surface area contributed by atoms with E-state index in [1.54, 1.807) is 49.4 Å². The second-order valence-electron chi connectivity index (χ2n) is 4.99. The van der Waals surface area contributed by atoms with Crippen molar-refractivity contribution in [3.63, 3.8) is 0 Å². The number of carbonyl (C=O) groups excluding carboxylic acids is 1. The first-order valence-corrected chi connectivity index (χ1v) is 7.16.